The summed E-state index contributed by atoms with van der Waals surface area (Å²) < 4.78 is 0. The molecule has 0 saturated carbocycles. The van der Waals surface area contributed by atoms with Crippen LogP contribution >= 0.6 is 0 Å². The fourth-order valence-corrected chi connectivity index (χ4v) is 1.63. The van der Waals surface area contributed by atoms with Crippen molar-refractivity contribution >= 4 is 0 Å². The summed E-state index contributed by atoms with van der Waals surface area (Å²) in [6, 6.07) is 0. The molecule has 1 heteroatoms. The van der Waals surface area contributed by atoms with E-state index in [1.54, 1.807) is 0 Å². The molecule has 0 spiro atoms. The summed E-state index contributed by atoms with van der Waals surface area (Å²) in [4.78, 5) is 0. The first-order valence-corrected chi connectivity index (χ1v) is 5.18. The Morgan fingerprint density at radius 1 is 1.46 bits per heavy atom. The van der Waals surface area contributed by atoms with E-state index in [4.69, 9.17) is 5.73 Å². The molecule has 0 rings (SSSR count). The Balaban J connectivity index is 4.26. The molecule has 0 bridgehead atoms. The van der Waals surface area contributed by atoms with Crippen LogP contribution in [0.5, 0.6) is 0 Å². The predicted octanol–water partition coefficient (Wildman–Crippen LogP) is 3.27. The summed E-state index contributed by atoms with van der Waals surface area (Å²) in [5.41, 5.74) is 8.41. The van der Waals surface area contributed by atoms with E-state index in [2.05, 4.69) is 39.8 Å². The van der Waals surface area contributed by atoms with E-state index in [1.165, 1.54) is 11.1 Å². The number of nitrogens with two attached hydrogens (primary N) is 1. The predicted molar refractivity (Wildman–Crippen MR) is 60.6 cm³/mol. The number of allylic oxidation sites excluding steroid dienone is 3. The second-order valence-corrected chi connectivity index (χ2v) is 3.56. The molecule has 0 aromatic heterocycles. The fraction of sp³-hybridized carbons (Fsp3) is 0.667. The van der Waals surface area contributed by atoms with Gasteiger partial charge < -0.3 is 5.73 Å². The topological polar surface area (TPSA) is 26.0 Å². The van der Waals surface area contributed by atoms with Gasteiger partial charge in [-0.15, -0.1) is 0 Å². The van der Waals surface area contributed by atoms with Crippen molar-refractivity contribution in [3.05, 3.63) is 23.3 Å². The maximum atomic E-state index is 5.49. The Labute approximate surface area is 82.7 Å². The molecule has 0 radical (unpaired) electrons. The molecule has 76 valence electrons. The molecule has 1 unspecified atom stereocenters. The van der Waals surface area contributed by atoms with Crippen LogP contribution in [0.15, 0.2) is 23.3 Å². The van der Waals surface area contributed by atoms with E-state index in [-0.39, 0.29) is 0 Å². The van der Waals surface area contributed by atoms with Crippen molar-refractivity contribution in [1.82, 2.24) is 0 Å². The van der Waals surface area contributed by atoms with Crippen LogP contribution in [0.3, 0.4) is 0 Å². The third-order valence-corrected chi connectivity index (χ3v) is 2.44. The first-order chi connectivity index (χ1) is 6.15. The molecule has 0 amide bonds. The van der Waals surface area contributed by atoms with Crippen molar-refractivity contribution in [3.8, 4) is 0 Å². The molecule has 0 aliphatic carbocycles. The lowest BCUT2D eigenvalue weighted by atomic mass is 9.96. The highest BCUT2D eigenvalue weighted by Gasteiger charge is 2.02. The minimum Gasteiger partial charge on any atom is -0.330 e. The smallest absolute Gasteiger partial charge is 0.00400 e. The zero-order valence-electron chi connectivity index (χ0n) is 9.43. The molecule has 1 nitrogen and oxygen atoms in total. The lowest BCUT2D eigenvalue weighted by Gasteiger charge is -2.11. The lowest BCUT2D eigenvalue weighted by Crippen LogP contribution is -2.01. The molecule has 0 saturated heterocycles. The van der Waals surface area contributed by atoms with Crippen molar-refractivity contribution in [3.63, 3.8) is 0 Å². The van der Waals surface area contributed by atoms with Gasteiger partial charge in [0, 0.05) is 0 Å². The van der Waals surface area contributed by atoms with Crippen LogP contribution in [-0.4, -0.2) is 6.54 Å². The monoisotopic (exact) mass is 181 g/mol. The van der Waals surface area contributed by atoms with Gasteiger partial charge in [0.2, 0.25) is 0 Å². The zero-order chi connectivity index (χ0) is 10.3. The SMILES string of the molecule is C/C=C(/CC)C(C)/C=C(\C)CCN. The largest absolute Gasteiger partial charge is 0.330 e. The van der Waals surface area contributed by atoms with Crippen LogP contribution in [0, 0.1) is 5.92 Å². The molecule has 0 heterocycles. The van der Waals surface area contributed by atoms with Gasteiger partial charge in [0.05, 0.1) is 0 Å². The van der Waals surface area contributed by atoms with Gasteiger partial charge in [0.15, 0.2) is 0 Å². The van der Waals surface area contributed by atoms with Crippen LogP contribution in [0.2, 0.25) is 0 Å². The highest BCUT2D eigenvalue weighted by atomic mass is 14.5. The summed E-state index contributed by atoms with van der Waals surface area (Å²) >= 11 is 0. The molecular formula is C12H23N. The van der Waals surface area contributed by atoms with Crippen LogP contribution in [-0.2, 0) is 0 Å². The van der Waals surface area contributed by atoms with Gasteiger partial charge in [-0.2, -0.15) is 0 Å². The Kier molecular flexibility index (Phi) is 6.61. The Morgan fingerprint density at radius 3 is 2.46 bits per heavy atom. The summed E-state index contributed by atoms with van der Waals surface area (Å²) in [5, 5.41) is 0. The van der Waals surface area contributed by atoms with Gasteiger partial charge in [-0.3, -0.25) is 0 Å². The molecular weight excluding hydrogens is 158 g/mol. The van der Waals surface area contributed by atoms with Gasteiger partial charge in [-0.05, 0) is 39.2 Å². The second kappa shape index (κ2) is 6.90. The van der Waals surface area contributed by atoms with E-state index in [9.17, 15) is 0 Å². The minimum absolute atomic E-state index is 0.571. The van der Waals surface area contributed by atoms with Crippen molar-refractivity contribution in [2.24, 2.45) is 11.7 Å². The zero-order valence-corrected chi connectivity index (χ0v) is 9.43. The lowest BCUT2D eigenvalue weighted by molar-refractivity contribution is 0.788. The maximum Gasteiger partial charge on any atom is -0.00400 e. The van der Waals surface area contributed by atoms with Crippen molar-refractivity contribution in [2.45, 2.75) is 40.5 Å². The van der Waals surface area contributed by atoms with Crippen LogP contribution in [0.4, 0.5) is 0 Å². The second-order valence-electron chi connectivity index (χ2n) is 3.56. The molecule has 0 aliphatic heterocycles. The van der Waals surface area contributed by atoms with E-state index in [1.807, 2.05) is 0 Å². The number of hydrogen-bond acceptors (Lipinski definition) is 1. The molecule has 0 aromatic rings. The minimum atomic E-state index is 0.571. The summed E-state index contributed by atoms with van der Waals surface area (Å²) in [6.07, 6.45) is 6.71. The molecule has 0 aromatic carbocycles. The Bertz CT molecular complexity index is 189. The quantitative estimate of drug-likeness (QED) is 0.647. The highest BCUT2D eigenvalue weighted by Crippen LogP contribution is 2.17. The Hall–Kier alpha value is -0.560. The number of rotatable bonds is 5. The van der Waals surface area contributed by atoms with E-state index < -0.39 is 0 Å². The average molecular weight is 181 g/mol. The van der Waals surface area contributed by atoms with Gasteiger partial charge in [-0.1, -0.05) is 37.1 Å². The van der Waals surface area contributed by atoms with Crippen LogP contribution in [0.1, 0.15) is 40.5 Å². The van der Waals surface area contributed by atoms with Crippen molar-refractivity contribution in [2.75, 3.05) is 6.54 Å². The molecule has 13 heavy (non-hydrogen) atoms. The summed E-state index contributed by atoms with van der Waals surface area (Å²) in [6.45, 7) is 9.48. The molecule has 1 atom stereocenters. The van der Waals surface area contributed by atoms with Crippen LogP contribution in [0.25, 0.3) is 0 Å². The van der Waals surface area contributed by atoms with E-state index in [0.717, 1.165) is 19.4 Å². The van der Waals surface area contributed by atoms with Crippen molar-refractivity contribution < 1.29 is 0 Å². The molecule has 2 N–H and O–H groups in total. The molecule has 0 aliphatic rings. The first kappa shape index (κ1) is 12.4. The fourth-order valence-electron chi connectivity index (χ4n) is 1.63. The van der Waals surface area contributed by atoms with E-state index in [0.29, 0.717) is 5.92 Å². The van der Waals surface area contributed by atoms with Crippen molar-refractivity contribution in [1.29, 1.82) is 0 Å². The van der Waals surface area contributed by atoms with Gasteiger partial charge in [-0.25, -0.2) is 0 Å². The average Bonchev–Trinajstić information content (AvgIpc) is 2.06. The molecule has 0 fully saturated rings. The normalized spacial score (nSPS) is 16.1. The first-order valence-electron chi connectivity index (χ1n) is 5.18. The third kappa shape index (κ3) is 4.89. The maximum absolute atomic E-state index is 5.49. The number of hydrogen-bond donors (Lipinski definition) is 1. The van der Waals surface area contributed by atoms with Gasteiger partial charge in [0.1, 0.15) is 0 Å². The van der Waals surface area contributed by atoms with Gasteiger partial charge in [0.25, 0.3) is 0 Å². The van der Waals surface area contributed by atoms with Gasteiger partial charge >= 0.3 is 0 Å². The van der Waals surface area contributed by atoms with Crippen LogP contribution < -0.4 is 5.73 Å². The third-order valence-electron chi connectivity index (χ3n) is 2.44. The highest BCUT2D eigenvalue weighted by molar-refractivity contribution is 5.14. The standard InChI is InChI=1S/C12H23N/c1-5-12(6-2)11(4)9-10(3)7-8-13/h5,9,11H,6-8,13H2,1-4H3/b10-9+,12-5-. The Morgan fingerprint density at radius 2 is 2.08 bits per heavy atom. The summed E-state index contributed by atoms with van der Waals surface area (Å²) in [5.74, 6) is 0.571. The summed E-state index contributed by atoms with van der Waals surface area (Å²) in [7, 11) is 0. The van der Waals surface area contributed by atoms with E-state index >= 15 is 0 Å².